The van der Waals surface area contributed by atoms with E-state index < -0.39 is 0 Å². The Balaban J connectivity index is 2.37. The number of rotatable bonds is 4. The molecule has 1 N–H and O–H groups in total. The Labute approximate surface area is 137 Å². The summed E-state index contributed by atoms with van der Waals surface area (Å²) in [6.07, 6.45) is 0.752. The lowest BCUT2D eigenvalue weighted by atomic mass is 9.93. The maximum Gasteiger partial charge on any atom is 0.0476 e. The van der Waals surface area contributed by atoms with Gasteiger partial charge in [-0.15, -0.1) is 0 Å². The van der Waals surface area contributed by atoms with E-state index in [4.69, 9.17) is 23.2 Å². The lowest BCUT2D eigenvalue weighted by molar-refractivity contribution is 0.853. The standard InChI is InChI=1S/C18H21Cl2N/c1-11(2)15-7-13(6-5-12(15)3)8-16-17(19)9-14(21-4)10-18(16)20/h5-7,9-11,21H,8H2,1-4H3. The molecule has 0 aromatic heterocycles. The van der Waals surface area contributed by atoms with Crippen molar-refractivity contribution in [2.45, 2.75) is 33.1 Å². The zero-order valence-corrected chi connectivity index (χ0v) is 14.4. The Hall–Kier alpha value is -1.18. The summed E-state index contributed by atoms with van der Waals surface area (Å²) in [5.41, 5.74) is 5.87. The highest BCUT2D eigenvalue weighted by atomic mass is 35.5. The van der Waals surface area contributed by atoms with Crippen molar-refractivity contribution in [3.63, 3.8) is 0 Å². The fourth-order valence-electron chi connectivity index (χ4n) is 2.54. The van der Waals surface area contributed by atoms with E-state index >= 15 is 0 Å². The highest BCUT2D eigenvalue weighted by Crippen LogP contribution is 2.31. The Kier molecular flexibility index (Phi) is 5.18. The number of benzene rings is 2. The molecule has 2 aromatic rings. The van der Waals surface area contributed by atoms with Crippen LogP contribution in [0, 0.1) is 6.92 Å². The van der Waals surface area contributed by atoms with E-state index in [0.29, 0.717) is 16.0 Å². The molecular weight excluding hydrogens is 301 g/mol. The molecule has 3 heteroatoms. The van der Waals surface area contributed by atoms with Crippen LogP contribution >= 0.6 is 23.2 Å². The quantitative estimate of drug-likeness (QED) is 0.721. The molecule has 0 amide bonds. The largest absolute Gasteiger partial charge is 0.388 e. The molecule has 0 radical (unpaired) electrons. The molecule has 0 aliphatic carbocycles. The van der Waals surface area contributed by atoms with Gasteiger partial charge in [-0.1, -0.05) is 55.2 Å². The third-order valence-electron chi connectivity index (χ3n) is 3.78. The molecule has 0 atom stereocenters. The van der Waals surface area contributed by atoms with Gasteiger partial charge >= 0.3 is 0 Å². The monoisotopic (exact) mass is 321 g/mol. The Bertz CT molecular complexity index is 625. The second kappa shape index (κ2) is 6.72. The molecule has 0 aliphatic rings. The first-order valence-corrected chi connectivity index (χ1v) is 7.93. The lowest BCUT2D eigenvalue weighted by Crippen LogP contribution is -1.98. The van der Waals surface area contributed by atoms with Crippen LogP contribution in [0.4, 0.5) is 5.69 Å². The summed E-state index contributed by atoms with van der Waals surface area (Å²) in [7, 11) is 1.86. The fraction of sp³-hybridized carbons (Fsp3) is 0.333. The van der Waals surface area contributed by atoms with Crippen LogP contribution in [0.5, 0.6) is 0 Å². The predicted octanol–water partition coefficient (Wildman–Crippen LogP) is 6.06. The summed E-state index contributed by atoms with van der Waals surface area (Å²) >= 11 is 12.7. The van der Waals surface area contributed by atoms with Gasteiger partial charge in [0.2, 0.25) is 0 Å². The van der Waals surface area contributed by atoms with E-state index in [1.807, 2.05) is 19.2 Å². The smallest absolute Gasteiger partial charge is 0.0476 e. The summed E-state index contributed by atoms with van der Waals surface area (Å²) < 4.78 is 0. The van der Waals surface area contributed by atoms with Crippen LogP contribution in [0.15, 0.2) is 30.3 Å². The molecule has 0 aliphatic heterocycles. The van der Waals surface area contributed by atoms with E-state index in [1.54, 1.807) is 0 Å². The highest BCUT2D eigenvalue weighted by Gasteiger charge is 2.11. The Morgan fingerprint density at radius 3 is 2.19 bits per heavy atom. The minimum Gasteiger partial charge on any atom is -0.388 e. The van der Waals surface area contributed by atoms with Gasteiger partial charge in [0.1, 0.15) is 0 Å². The van der Waals surface area contributed by atoms with Crippen LogP contribution in [-0.4, -0.2) is 7.05 Å². The van der Waals surface area contributed by atoms with E-state index in [0.717, 1.165) is 17.7 Å². The molecule has 2 rings (SSSR count). The van der Waals surface area contributed by atoms with Crippen molar-refractivity contribution in [3.8, 4) is 0 Å². The number of aryl methyl sites for hydroxylation is 1. The van der Waals surface area contributed by atoms with Gasteiger partial charge in [0, 0.05) is 29.2 Å². The summed E-state index contributed by atoms with van der Waals surface area (Å²) in [5.74, 6) is 0.516. The van der Waals surface area contributed by atoms with Crippen molar-refractivity contribution >= 4 is 28.9 Å². The SMILES string of the molecule is CNc1cc(Cl)c(Cc2ccc(C)c(C(C)C)c2)c(Cl)c1. The number of hydrogen-bond donors (Lipinski definition) is 1. The molecule has 0 unspecified atom stereocenters. The molecule has 0 fully saturated rings. The van der Waals surface area contributed by atoms with Gasteiger partial charge in [0.05, 0.1) is 0 Å². The summed E-state index contributed by atoms with van der Waals surface area (Å²) in [6, 6.07) is 10.4. The zero-order chi connectivity index (χ0) is 15.6. The van der Waals surface area contributed by atoms with E-state index in [2.05, 4.69) is 44.3 Å². The van der Waals surface area contributed by atoms with E-state index in [9.17, 15) is 0 Å². The molecule has 0 saturated carbocycles. The number of hydrogen-bond acceptors (Lipinski definition) is 1. The van der Waals surface area contributed by atoms with Gasteiger partial charge in [-0.2, -0.15) is 0 Å². The molecule has 0 saturated heterocycles. The topological polar surface area (TPSA) is 12.0 Å². The van der Waals surface area contributed by atoms with Gasteiger partial charge in [-0.3, -0.25) is 0 Å². The lowest BCUT2D eigenvalue weighted by Gasteiger charge is -2.14. The normalized spacial score (nSPS) is 11.0. The number of halogens is 2. The second-order valence-corrected chi connectivity index (χ2v) is 6.51. The van der Waals surface area contributed by atoms with Crippen LogP contribution in [0.2, 0.25) is 10.0 Å². The van der Waals surface area contributed by atoms with Crippen LogP contribution in [0.1, 0.15) is 42.0 Å². The van der Waals surface area contributed by atoms with E-state index in [-0.39, 0.29) is 0 Å². The maximum absolute atomic E-state index is 6.37. The number of anilines is 1. The average molecular weight is 322 g/mol. The zero-order valence-electron chi connectivity index (χ0n) is 12.9. The minimum atomic E-state index is 0.516. The van der Waals surface area contributed by atoms with Crippen molar-refractivity contribution in [1.82, 2.24) is 0 Å². The molecule has 0 bridgehead atoms. The molecule has 2 aromatic carbocycles. The number of nitrogens with one attached hydrogen (secondary N) is 1. The predicted molar refractivity (Wildman–Crippen MR) is 94.1 cm³/mol. The van der Waals surface area contributed by atoms with Crippen molar-refractivity contribution in [3.05, 3.63) is 62.6 Å². The first kappa shape index (κ1) is 16.2. The van der Waals surface area contributed by atoms with Gasteiger partial charge in [-0.25, -0.2) is 0 Å². The van der Waals surface area contributed by atoms with Crippen molar-refractivity contribution < 1.29 is 0 Å². The average Bonchev–Trinajstić information content (AvgIpc) is 2.43. The first-order valence-electron chi connectivity index (χ1n) is 7.17. The Morgan fingerprint density at radius 1 is 1.05 bits per heavy atom. The first-order chi connectivity index (χ1) is 9.92. The van der Waals surface area contributed by atoms with Gasteiger partial charge < -0.3 is 5.32 Å². The molecule has 1 nitrogen and oxygen atoms in total. The van der Waals surface area contributed by atoms with Crippen LogP contribution in [-0.2, 0) is 6.42 Å². The summed E-state index contributed by atoms with van der Waals surface area (Å²) in [6.45, 7) is 6.59. The third kappa shape index (κ3) is 3.72. The van der Waals surface area contributed by atoms with Crippen LogP contribution in [0.25, 0.3) is 0 Å². The third-order valence-corrected chi connectivity index (χ3v) is 4.45. The minimum absolute atomic E-state index is 0.516. The Morgan fingerprint density at radius 2 is 1.67 bits per heavy atom. The molecule has 21 heavy (non-hydrogen) atoms. The summed E-state index contributed by atoms with van der Waals surface area (Å²) in [5, 5.41) is 4.48. The molecule has 0 heterocycles. The van der Waals surface area contributed by atoms with Crippen LogP contribution in [0.3, 0.4) is 0 Å². The molecular formula is C18H21Cl2N. The van der Waals surface area contributed by atoms with Crippen molar-refractivity contribution in [2.75, 3.05) is 12.4 Å². The molecule has 0 spiro atoms. The van der Waals surface area contributed by atoms with Gasteiger partial charge in [0.15, 0.2) is 0 Å². The fourth-order valence-corrected chi connectivity index (χ4v) is 3.16. The van der Waals surface area contributed by atoms with Gasteiger partial charge in [-0.05, 0) is 47.2 Å². The highest BCUT2D eigenvalue weighted by molar-refractivity contribution is 6.36. The maximum atomic E-state index is 6.37. The second-order valence-electron chi connectivity index (χ2n) is 5.69. The van der Waals surface area contributed by atoms with Gasteiger partial charge in [0.25, 0.3) is 0 Å². The van der Waals surface area contributed by atoms with Crippen LogP contribution < -0.4 is 5.32 Å². The molecule has 112 valence electrons. The van der Waals surface area contributed by atoms with Crippen molar-refractivity contribution in [1.29, 1.82) is 0 Å². The van der Waals surface area contributed by atoms with Crippen molar-refractivity contribution in [2.24, 2.45) is 0 Å². The summed E-state index contributed by atoms with van der Waals surface area (Å²) in [4.78, 5) is 0. The van der Waals surface area contributed by atoms with E-state index in [1.165, 1.54) is 16.7 Å².